The molecular formula is C20H24N6O4. The van der Waals surface area contributed by atoms with Gasteiger partial charge in [-0.3, -0.25) is 24.4 Å². The molecule has 4 rings (SSSR count). The summed E-state index contributed by atoms with van der Waals surface area (Å²) in [6.45, 7) is 2.64. The number of fused-ring (bicyclic) bond motifs is 1. The number of nitro benzene ring substituents is 1. The highest BCUT2D eigenvalue weighted by Gasteiger charge is 2.26. The molecule has 3 heterocycles. The van der Waals surface area contributed by atoms with E-state index in [9.17, 15) is 19.7 Å². The molecule has 2 aromatic rings. The summed E-state index contributed by atoms with van der Waals surface area (Å²) in [6.07, 6.45) is 4.90. The van der Waals surface area contributed by atoms with Crippen LogP contribution in [-0.4, -0.2) is 46.2 Å². The SMILES string of the molecule is NC(=O)c1cnn2c1C[C@@H](CNC(=O)c1ccc(N3CCCC3)c([N+](=O)[O-])c1)CC2. The maximum atomic E-state index is 12.6. The number of nitro groups is 1. The molecule has 10 nitrogen and oxygen atoms in total. The van der Waals surface area contributed by atoms with Crippen LogP contribution in [0.15, 0.2) is 24.4 Å². The smallest absolute Gasteiger partial charge is 0.293 e. The van der Waals surface area contributed by atoms with Gasteiger partial charge in [0.05, 0.1) is 22.4 Å². The van der Waals surface area contributed by atoms with Gasteiger partial charge >= 0.3 is 0 Å². The first-order chi connectivity index (χ1) is 14.4. The number of aromatic nitrogens is 2. The molecule has 0 bridgehead atoms. The van der Waals surface area contributed by atoms with Crippen molar-refractivity contribution >= 4 is 23.2 Å². The lowest BCUT2D eigenvalue weighted by atomic mass is 9.94. The van der Waals surface area contributed by atoms with Crippen LogP contribution in [-0.2, 0) is 13.0 Å². The van der Waals surface area contributed by atoms with Crippen LogP contribution in [0.4, 0.5) is 11.4 Å². The second-order valence-corrected chi connectivity index (χ2v) is 7.82. The van der Waals surface area contributed by atoms with Gasteiger partial charge in [0.2, 0.25) is 0 Å². The number of nitrogens with two attached hydrogens (primary N) is 1. The van der Waals surface area contributed by atoms with E-state index in [4.69, 9.17) is 5.73 Å². The molecule has 0 saturated carbocycles. The van der Waals surface area contributed by atoms with Gasteiger partial charge in [-0.05, 0) is 43.7 Å². The van der Waals surface area contributed by atoms with Crippen LogP contribution >= 0.6 is 0 Å². The Bertz CT molecular complexity index is 995. The van der Waals surface area contributed by atoms with Gasteiger partial charge in [-0.1, -0.05) is 0 Å². The van der Waals surface area contributed by atoms with E-state index in [2.05, 4.69) is 10.4 Å². The number of nitrogens with one attached hydrogen (secondary N) is 1. The zero-order valence-electron chi connectivity index (χ0n) is 16.5. The lowest BCUT2D eigenvalue weighted by Gasteiger charge is -2.24. The van der Waals surface area contributed by atoms with Crippen molar-refractivity contribution in [2.75, 3.05) is 24.5 Å². The zero-order valence-corrected chi connectivity index (χ0v) is 16.5. The molecule has 30 heavy (non-hydrogen) atoms. The Morgan fingerprint density at radius 1 is 1.27 bits per heavy atom. The summed E-state index contributed by atoms with van der Waals surface area (Å²) in [5.74, 6) is -0.721. The minimum Gasteiger partial charge on any atom is -0.366 e. The molecule has 2 aliphatic rings. The number of hydrogen-bond donors (Lipinski definition) is 2. The quantitative estimate of drug-likeness (QED) is 0.545. The lowest BCUT2D eigenvalue weighted by molar-refractivity contribution is -0.384. The number of rotatable bonds is 6. The fourth-order valence-corrected chi connectivity index (χ4v) is 4.25. The van der Waals surface area contributed by atoms with Crippen LogP contribution in [0.1, 0.15) is 45.7 Å². The third-order valence-corrected chi connectivity index (χ3v) is 5.88. The first-order valence-corrected chi connectivity index (χ1v) is 10.1. The average molecular weight is 412 g/mol. The fraction of sp³-hybridized carbons (Fsp3) is 0.450. The molecule has 1 atom stereocenters. The van der Waals surface area contributed by atoms with Crippen molar-refractivity contribution in [3.8, 4) is 0 Å². The summed E-state index contributed by atoms with van der Waals surface area (Å²) < 4.78 is 1.78. The van der Waals surface area contributed by atoms with E-state index in [0.29, 0.717) is 30.8 Å². The lowest BCUT2D eigenvalue weighted by Crippen LogP contribution is -2.34. The van der Waals surface area contributed by atoms with Crippen LogP contribution in [0.25, 0.3) is 0 Å². The van der Waals surface area contributed by atoms with E-state index in [-0.39, 0.29) is 23.1 Å². The molecule has 2 amide bonds. The number of benzene rings is 1. The average Bonchev–Trinajstić information content (AvgIpc) is 3.41. The summed E-state index contributed by atoms with van der Waals surface area (Å²) >= 11 is 0. The third kappa shape index (κ3) is 3.85. The highest BCUT2D eigenvalue weighted by molar-refractivity contribution is 5.96. The molecule has 0 aliphatic carbocycles. The predicted molar refractivity (Wildman–Crippen MR) is 109 cm³/mol. The summed E-state index contributed by atoms with van der Waals surface area (Å²) in [6, 6.07) is 4.65. The maximum Gasteiger partial charge on any atom is 0.293 e. The van der Waals surface area contributed by atoms with Gasteiger partial charge in [0.25, 0.3) is 17.5 Å². The highest BCUT2D eigenvalue weighted by Crippen LogP contribution is 2.31. The van der Waals surface area contributed by atoms with E-state index in [1.807, 2.05) is 4.90 Å². The molecule has 10 heteroatoms. The first-order valence-electron chi connectivity index (χ1n) is 10.1. The molecule has 1 fully saturated rings. The van der Waals surface area contributed by atoms with Crippen molar-refractivity contribution in [2.45, 2.75) is 32.2 Å². The summed E-state index contributed by atoms with van der Waals surface area (Å²) in [7, 11) is 0. The van der Waals surface area contributed by atoms with Crippen LogP contribution in [0, 0.1) is 16.0 Å². The molecule has 0 radical (unpaired) electrons. The van der Waals surface area contributed by atoms with Crippen LogP contribution < -0.4 is 16.0 Å². The molecule has 1 aromatic carbocycles. The Hall–Kier alpha value is -3.43. The zero-order chi connectivity index (χ0) is 21.3. The Kier molecular flexibility index (Phi) is 5.39. The first kappa shape index (κ1) is 19.9. The van der Waals surface area contributed by atoms with Gasteiger partial charge in [0.15, 0.2) is 0 Å². The molecule has 0 unspecified atom stereocenters. The Balaban J connectivity index is 1.43. The van der Waals surface area contributed by atoms with E-state index in [1.54, 1.807) is 16.8 Å². The number of primary amides is 1. The minimum atomic E-state index is -0.508. The molecule has 1 aromatic heterocycles. The van der Waals surface area contributed by atoms with Gasteiger partial charge in [-0.2, -0.15) is 5.10 Å². The number of carbonyl (C=O) groups is 2. The van der Waals surface area contributed by atoms with Crippen molar-refractivity contribution in [1.82, 2.24) is 15.1 Å². The minimum absolute atomic E-state index is 0.0442. The second-order valence-electron chi connectivity index (χ2n) is 7.82. The van der Waals surface area contributed by atoms with Crippen molar-refractivity contribution < 1.29 is 14.5 Å². The van der Waals surface area contributed by atoms with Gasteiger partial charge in [0, 0.05) is 37.8 Å². The topological polar surface area (TPSA) is 136 Å². The van der Waals surface area contributed by atoms with Gasteiger partial charge in [0.1, 0.15) is 5.69 Å². The van der Waals surface area contributed by atoms with Crippen molar-refractivity contribution in [2.24, 2.45) is 11.7 Å². The number of carbonyl (C=O) groups excluding carboxylic acids is 2. The molecule has 1 saturated heterocycles. The van der Waals surface area contributed by atoms with Gasteiger partial charge in [-0.25, -0.2) is 0 Å². The predicted octanol–water partition coefficient (Wildman–Crippen LogP) is 1.48. The third-order valence-electron chi connectivity index (χ3n) is 5.88. The van der Waals surface area contributed by atoms with Crippen molar-refractivity contribution in [1.29, 1.82) is 0 Å². The van der Waals surface area contributed by atoms with Crippen LogP contribution in [0.3, 0.4) is 0 Å². The van der Waals surface area contributed by atoms with Crippen molar-refractivity contribution in [3.05, 3.63) is 51.3 Å². The summed E-state index contributed by atoms with van der Waals surface area (Å²) in [4.78, 5) is 37.3. The molecular weight excluding hydrogens is 388 g/mol. The van der Waals surface area contributed by atoms with E-state index < -0.39 is 10.8 Å². The largest absolute Gasteiger partial charge is 0.366 e. The van der Waals surface area contributed by atoms with E-state index in [1.165, 1.54) is 12.3 Å². The van der Waals surface area contributed by atoms with E-state index >= 15 is 0 Å². The summed E-state index contributed by atoms with van der Waals surface area (Å²) in [5, 5.41) is 18.6. The number of amides is 2. The number of aryl methyl sites for hydroxylation is 1. The Morgan fingerprint density at radius 3 is 2.73 bits per heavy atom. The second kappa shape index (κ2) is 8.13. The van der Waals surface area contributed by atoms with E-state index in [0.717, 1.165) is 38.0 Å². The van der Waals surface area contributed by atoms with Crippen LogP contribution in [0.2, 0.25) is 0 Å². The number of hydrogen-bond acceptors (Lipinski definition) is 6. The normalized spacial score (nSPS) is 18.1. The Morgan fingerprint density at radius 2 is 2.03 bits per heavy atom. The van der Waals surface area contributed by atoms with Crippen molar-refractivity contribution in [3.63, 3.8) is 0 Å². The highest BCUT2D eigenvalue weighted by atomic mass is 16.6. The molecule has 0 spiro atoms. The monoisotopic (exact) mass is 412 g/mol. The van der Waals surface area contributed by atoms with Crippen LogP contribution in [0.5, 0.6) is 0 Å². The molecule has 3 N–H and O–H groups in total. The number of anilines is 1. The van der Waals surface area contributed by atoms with Gasteiger partial charge < -0.3 is 16.0 Å². The Labute approximate surface area is 173 Å². The molecule has 2 aliphatic heterocycles. The molecule has 158 valence electrons. The van der Waals surface area contributed by atoms with Gasteiger partial charge in [-0.15, -0.1) is 0 Å². The fourth-order valence-electron chi connectivity index (χ4n) is 4.25. The summed E-state index contributed by atoms with van der Waals surface area (Å²) in [5.41, 5.74) is 7.39. The maximum absolute atomic E-state index is 12.6. The number of nitrogens with zero attached hydrogens (tertiary/aromatic N) is 4. The standard InChI is InChI=1S/C20H24N6O4/c21-19(27)15-12-23-25-8-5-13(9-17(15)25)11-22-20(28)14-3-4-16(18(10-14)26(29)30)24-6-1-2-7-24/h3-4,10,12-13H,1-2,5-9,11H2,(H2,21,27)(H,22,28)/t13-/m0/s1.